The van der Waals surface area contributed by atoms with Crippen molar-refractivity contribution in [1.29, 1.82) is 5.26 Å². The summed E-state index contributed by atoms with van der Waals surface area (Å²) in [7, 11) is 0. The van der Waals surface area contributed by atoms with E-state index in [2.05, 4.69) is 5.32 Å². The highest BCUT2D eigenvalue weighted by Gasteiger charge is 2.01. The molecule has 1 aromatic carbocycles. The molecule has 1 rings (SSSR count). The van der Waals surface area contributed by atoms with Crippen molar-refractivity contribution in [2.24, 2.45) is 0 Å². The number of amides is 1. The van der Waals surface area contributed by atoms with Gasteiger partial charge in [0.25, 0.3) is 0 Å². The van der Waals surface area contributed by atoms with Crippen LogP contribution in [0, 0.1) is 11.3 Å². The van der Waals surface area contributed by atoms with Crippen LogP contribution in [0.1, 0.15) is 5.56 Å². The van der Waals surface area contributed by atoms with Crippen LogP contribution in [0.3, 0.4) is 0 Å². The second kappa shape index (κ2) is 5.89. The zero-order chi connectivity index (χ0) is 11.1. The Morgan fingerprint density at radius 3 is 3.07 bits per heavy atom. The maximum Gasteiger partial charge on any atom is 0.408 e. The number of ether oxygens (including phenoxy) is 1. The number of benzene rings is 1. The second-order valence-corrected chi connectivity index (χ2v) is 3.15. The third-order valence-corrected chi connectivity index (χ3v) is 1.81. The first-order valence-electron chi connectivity index (χ1n) is 4.24. The average Bonchev–Trinajstić information content (AvgIpc) is 2.23. The maximum absolute atomic E-state index is 10.9. The Bertz CT molecular complexity index is 387. The van der Waals surface area contributed by atoms with Crippen molar-refractivity contribution >= 4 is 17.7 Å². The highest BCUT2D eigenvalue weighted by Crippen LogP contribution is 2.11. The van der Waals surface area contributed by atoms with Gasteiger partial charge in [-0.15, -0.1) is 0 Å². The zero-order valence-electron chi connectivity index (χ0n) is 7.87. The zero-order valence-corrected chi connectivity index (χ0v) is 8.62. The van der Waals surface area contributed by atoms with Crippen LogP contribution in [0.2, 0.25) is 5.02 Å². The number of nitrogens with one attached hydrogen (secondary N) is 1. The largest absolute Gasteiger partial charge is 0.445 e. The molecule has 0 aliphatic rings. The number of halogens is 1. The third kappa shape index (κ3) is 4.34. The number of hydrogen-bond acceptors (Lipinski definition) is 3. The van der Waals surface area contributed by atoms with Crippen molar-refractivity contribution in [3.63, 3.8) is 0 Å². The average molecular weight is 225 g/mol. The first-order chi connectivity index (χ1) is 7.22. The summed E-state index contributed by atoms with van der Waals surface area (Å²) in [5.41, 5.74) is 0.801. The molecule has 0 atom stereocenters. The van der Waals surface area contributed by atoms with Crippen molar-refractivity contribution in [2.75, 3.05) is 6.54 Å². The number of nitriles is 1. The molecule has 1 amide bonds. The van der Waals surface area contributed by atoms with Gasteiger partial charge < -0.3 is 10.1 Å². The summed E-state index contributed by atoms with van der Waals surface area (Å²) in [5, 5.41) is 11.1. The smallest absolute Gasteiger partial charge is 0.408 e. The molecule has 0 unspecified atom stereocenters. The fraction of sp³-hybridized carbons (Fsp3) is 0.200. The Morgan fingerprint density at radius 1 is 1.60 bits per heavy atom. The van der Waals surface area contributed by atoms with Crippen molar-refractivity contribution < 1.29 is 9.53 Å². The molecule has 5 heteroatoms. The van der Waals surface area contributed by atoms with Crippen LogP contribution >= 0.6 is 11.6 Å². The van der Waals surface area contributed by atoms with Gasteiger partial charge in [0, 0.05) is 5.02 Å². The van der Waals surface area contributed by atoms with E-state index in [0.717, 1.165) is 5.56 Å². The molecule has 0 bridgehead atoms. The van der Waals surface area contributed by atoms with Gasteiger partial charge in [0.15, 0.2) is 0 Å². The molecule has 15 heavy (non-hydrogen) atoms. The molecule has 0 saturated heterocycles. The maximum atomic E-state index is 10.9. The van der Waals surface area contributed by atoms with Crippen LogP contribution in [-0.4, -0.2) is 12.6 Å². The Morgan fingerprint density at radius 2 is 2.40 bits per heavy atom. The molecular weight excluding hydrogens is 216 g/mol. The molecule has 0 saturated carbocycles. The lowest BCUT2D eigenvalue weighted by atomic mass is 10.2. The standard InChI is InChI=1S/C10H9ClN2O2/c11-9-3-1-2-8(6-9)7-15-10(14)13-5-4-12/h1-3,6H,5,7H2,(H,13,14). The highest BCUT2D eigenvalue weighted by atomic mass is 35.5. The monoisotopic (exact) mass is 224 g/mol. The molecule has 0 radical (unpaired) electrons. The fourth-order valence-corrected chi connectivity index (χ4v) is 1.15. The number of alkyl carbamates (subject to hydrolysis) is 1. The predicted octanol–water partition coefficient (Wildman–Crippen LogP) is 2.09. The molecule has 1 N–H and O–H groups in total. The summed E-state index contributed by atoms with van der Waals surface area (Å²) in [6, 6.07) is 8.78. The number of nitrogens with zero attached hydrogens (tertiary/aromatic N) is 1. The number of carbonyl (C=O) groups is 1. The molecule has 0 spiro atoms. The minimum absolute atomic E-state index is 0.0611. The lowest BCUT2D eigenvalue weighted by Crippen LogP contribution is -2.24. The molecule has 0 heterocycles. The van der Waals surface area contributed by atoms with E-state index in [1.54, 1.807) is 30.3 Å². The molecule has 0 aromatic heterocycles. The number of carbonyl (C=O) groups excluding carboxylic acids is 1. The summed E-state index contributed by atoms with van der Waals surface area (Å²) in [5.74, 6) is 0. The van der Waals surface area contributed by atoms with E-state index in [0.29, 0.717) is 5.02 Å². The molecular formula is C10H9ClN2O2. The Labute approximate surface area is 92.4 Å². The van der Waals surface area contributed by atoms with Crippen LogP contribution in [0.15, 0.2) is 24.3 Å². The number of hydrogen-bond donors (Lipinski definition) is 1. The number of rotatable bonds is 3. The Kier molecular flexibility index (Phi) is 4.45. The van der Waals surface area contributed by atoms with E-state index in [1.807, 2.05) is 0 Å². The van der Waals surface area contributed by atoms with E-state index in [-0.39, 0.29) is 13.2 Å². The SMILES string of the molecule is N#CCNC(=O)OCc1cccc(Cl)c1. The first-order valence-corrected chi connectivity index (χ1v) is 4.62. The second-order valence-electron chi connectivity index (χ2n) is 2.72. The molecule has 4 nitrogen and oxygen atoms in total. The Hall–Kier alpha value is -1.73. The molecule has 0 aliphatic carbocycles. The van der Waals surface area contributed by atoms with Crippen molar-refractivity contribution in [3.8, 4) is 6.07 Å². The van der Waals surface area contributed by atoms with Crippen molar-refractivity contribution in [2.45, 2.75) is 6.61 Å². The van der Waals surface area contributed by atoms with Gasteiger partial charge in [0.2, 0.25) is 0 Å². The molecule has 0 aliphatic heterocycles. The van der Waals surface area contributed by atoms with Gasteiger partial charge in [0.1, 0.15) is 13.2 Å². The summed E-state index contributed by atoms with van der Waals surface area (Å²) in [6.45, 7) is 0.0756. The molecule has 0 fully saturated rings. The third-order valence-electron chi connectivity index (χ3n) is 1.57. The molecule has 1 aromatic rings. The predicted molar refractivity (Wildman–Crippen MR) is 55.3 cm³/mol. The molecule has 78 valence electrons. The van der Waals surface area contributed by atoms with Crippen LogP contribution in [-0.2, 0) is 11.3 Å². The summed E-state index contributed by atoms with van der Waals surface area (Å²) >= 11 is 5.74. The topological polar surface area (TPSA) is 62.1 Å². The fourth-order valence-electron chi connectivity index (χ4n) is 0.938. The van der Waals surface area contributed by atoms with Gasteiger partial charge >= 0.3 is 6.09 Å². The van der Waals surface area contributed by atoms with Gasteiger partial charge in [-0.25, -0.2) is 4.79 Å². The van der Waals surface area contributed by atoms with Crippen molar-refractivity contribution in [3.05, 3.63) is 34.9 Å². The first kappa shape index (κ1) is 11.3. The van der Waals surface area contributed by atoms with Gasteiger partial charge in [-0.3, -0.25) is 0 Å². The van der Waals surface area contributed by atoms with Crippen LogP contribution in [0.5, 0.6) is 0 Å². The van der Waals surface area contributed by atoms with E-state index < -0.39 is 6.09 Å². The lowest BCUT2D eigenvalue weighted by Gasteiger charge is -2.04. The van der Waals surface area contributed by atoms with E-state index in [1.165, 1.54) is 0 Å². The van der Waals surface area contributed by atoms with Gasteiger partial charge in [-0.2, -0.15) is 5.26 Å². The van der Waals surface area contributed by atoms with Crippen LogP contribution in [0.25, 0.3) is 0 Å². The summed E-state index contributed by atoms with van der Waals surface area (Å²) < 4.78 is 4.83. The van der Waals surface area contributed by atoms with Crippen LogP contribution in [0.4, 0.5) is 4.79 Å². The Balaban J connectivity index is 2.37. The van der Waals surface area contributed by atoms with E-state index >= 15 is 0 Å². The highest BCUT2D eigenvalue weighted by molar-refractivity contribution is 6.30. The normalized spacial score (nSPS) is 9.07. The van der Waals surface area contributed by atoms with Gasteiger partial charge in [-0.05, 0) is 17.7 Å². The van der Waals surface area contributed by atoms with Crippen LogP contribution < -0.4 is 5.32 Å². The van der Waals surface area contributed by atoms with Gasteiger partial charge in [-0.1, -0.05) is 23.7 Å². The minimum Gasteiger partial charge on any atom is -0.445 e. The quantitative estimate of drug-likeness (QED) is 0.800. The van der Waals surface area contributed by atoms with E-state index in [9.17, 15) is 4.79 Å². The lowest BCUT2D eigenvalue weighted by molar-refractivity contribution is 0.141. The summed E-state index contributed by atoms with van der Waals surface area (Å²) in [4.78, 5) is 10.9. The summed E-state index contributed by atoms with van der Waals surface area (Å²) in [6.07, 6.45) is -0.614. The minimum atomic E-state index is -0.614. The van der Waals surface area contributed by atoms with Crippen molar-refractivity contribution in [1.82, 2.24) is 5.32 Å². The van der Waals surface area contributed by atoms with E-state index in [4.69, 9.17) is 21.6 Å². The van der Waals surface area contributed by atoms with Gasteiger partial charge in [0.05, 0.1) is 6.07 Å².